The van der Waals surface area contributed by atoms with Crippen molar-refractivity contribution in [1.29, 1.82) is 0 Å². The van der Waals surface area contributed by atoms with Gasteiger partial charge < -0.3 is 9.15 Å². The molecule has 0 spiro atoms. The average molecular weight is 420 g/mol. The Morgan fingerprint density at radius 3 is 2.57 bits per heavy atom. The van der Waals surface area contributed by atoms with Crippen LogP contribution in [0.25, 0.3) is 16.6 Å². The highest BCUT2D eigenvalue weighted by atomic mass is 32.2. The summed E-state index contributed by atoms with van der Waals surface area (Å²) in [6.07, 6.45) is 0. The van der Waals surface area contributed by atoms with E-state index in [1.54, 1.807) is 22.8 Å². The third kappa shape index (κ3) is 3.89. The molecular formula is C23H20N2O4S. The Morgan fingerprint density at radius 1 is 1.10 bits per heavy atom. The number of ether oxygens (including phenoxy) is 1. The number of aryl methyl sites for hydroxylation is 2. The number of aromatic nitrogens is 2. The summed E-state index contributed by atoms with van der Waals surface area (Å²) in [5.74, 6) is 0.621. The molecular weight excluding hydrogens is 400 g/mol. The highest BCUT2D eigenvalue weighted by Crippen LogP contribution is 2.26. The number of hydrogen-bond acceptors (Lipinski definition) is 6. The molecule has 0 atom stereocenters. The Morgan fingerprint density at radius 2 is 1.83 bits per heavy atom. The minimum Gasteiger partial charge on any atom is -0.463 e. The minimum atomic E-state index is -0.526. The van der Waals surface area contributed by atoms with E-state index in [0.717, 1.165) is 16.8 Å². The van der Waals surface area contributed by atoms with Gasteiger partial charge in [-0.15, -0.1) is 0 Å². The summed E-state index contributed by atoms with van der Waals surface area (Å²) in [4.78, 5) is 29.7. The lowest BCUT2D eigenvalue weighted by molar-refractivity contribution is 0.0563. The van der Waals surface area contributed by atoms with E-state index < -0.39 is 5.97 Å². The highest BCUT2D eigenvalue weighted by Gasteiger charge is 2.16. The molecule has 0 fully saturated rings. The Bertz CT molecular complexity index is 1290. The van der Waals surface area contributed by atoms with Gasteiger partial charge >= 0.3 is 5.97 Å². The second-order valence-corrected chi connectivity index (χ2v) is 7.89. The zero-order chi connectivity index (χ0) is 21.3. The van der Waals surface area contributed by atoms with Gasteiger partial charge in [-0.3, -0.25) is 9.36 Å². The summed E-state index contributed by atoms with van der Waals surface area (Å²) >= 11 is 1.37. The largest absolute Gasteiger partial charge is 0.463 e. The van der Waals surface area contributed by atoms with Crippen LogP contribution in [-0.2, 0) is 10.5 Å². The van der Waals surface area contributed by atoms with Crippen LogP contribution in [0.3, 0.4) is 0 Å². The van der Waals surface area contributed by atoms with Crippen molar-refractivity contribution in [1.82, 2.24) is 9.55 Å². The molecule has 0 aliphatic carbocycles. The highest BCUT2D eigenvalue weighted by molar-refractivity contribution is 7.98. The lowest BCUT2D eigenvalue weighted by Gasteiger charge is -2.14. The molecule has 7 heteroatoms. The van der Waals surface area contributed by atoms with Gasteiger partial charge in [0.25, 0.3) is 5.56 Å². The summed E-state index contributed by atoms with van der Waals surface area (Å²) in [6, 6.07) is 16.6. The van der Waals surface area contributed by atoms with Gasteiger partial charge in [-0.25, -0.2) is 9.78 Å². The maximum absolute atomic E-state index is 13.3. The summed E-state index contributed by atoms with van der Waals surface area (Å²) in [5.41, 5.74) is 3.42. The van der Waals surface area contributed by atoms with Crippen molar-refractivity contribution >= 4 is 28.6 Å². The first-order valence-electron chi connectivity index (χ1n) is 9.36. The molecule has 0 N–H and O–H groups in total. The standard InChI is InChI=1S/C23H20N2O4S/c1-14-10-15(2)12-16(11-14)25-21(26)18-6-4-5-7-19(18)24-23(25)30-13-17-8-9-20(29-17)22(27)28-3/h4-12H,13H2,1-3H3. The maximum Gasteiger partial charge on any atom is 0.373 e. The van der Waals surface area contributed by atoms with Crippen molar-refractivity contribution in [3.05, 3.63) is 87.6 Å². The predicted octanol–water partition coefficient (Wildman–Crippen LogP) is 4.67. The van der Waals surface area contributed by atoms with Gasteiger partial charge in [-0.1, -0.05) is 30.0 Å². The Balaban J connectivity index is 1.79. The number of nitrogens with zero attached hydrogens (tertiary/aromatic N) is 2. The molecule has 0 unspecified atom stereocenters. The summed E-state index contributed by atoms with van der Waals surface area (Å²) < 4.78 is 11.9. The van der Waals surface area contributed by atoms with Gasteiger partial charge in [0.05, 0.1) is 29.5 Å². The van der Waals surface area contributed by atoms with Crippen molar-refractivity contribution in [2.45, 2.75) is 24.8 Å². The summed E-state index contributed by atoms with van der Waals surface area (Å²) in [6.45, 7) is 4.00. The molecule has 6 nitrogen and oxygen atoms in total. The van der Waals surface area contributed by atoms with Gasteiger partial charge in [0.1, 0.15) is 5.76 Å². The molecule has 0 aliphatic heterocycles. The van der Waals surface area contributed by atoms with Gasteiger partial charge in [-0.05, 0) is 61.4 Å². The van der Waals surface area contributed by atoms with Crippen LogP contribution in [0.4, 0.5) is 0 Å². The quantitative estimate of drug-likeness (QED) is 0.265. The maximum atomic E-state index is 13.3. The molecule has 0 amide bonds. The van der Waals surface area contributed by atoms with Crippen molar-refractivity contribution in [2.75, 3.05) is 7.11 Å². The fourth-order valence-electron chi connectivity index (χ4n) is 3.32. The number of benzene rings is 2. The molecule has 2 aromatic carbocycles. The van der Waals surface area contributed by atoms with Crippen LogP contribution in [0.2, 0.25) is 0 Å². The molecule has 4 aromatic rings. The third-order valence-corrected chi connectivity index (χ3v) is 5.56. The number of furan rings is 1. The van der Waals surface area contributed by atoms with Crippen LogP contribution in [-0.4, -0.2) is 22.6 Å². The summed E-state index contributed by atoms with van der Waals surface area (Å²) in [7, 11) is 1.31. The summed E-state index contributed by atoms with van der Waals surface area (Å²) in [5, 5.41) is 1.12. The predicted molar refractivity (Wildman–Crippen MR) is 116 cm³/mol. The third-order valence-electron chi connectivity index (χ3n) is 4.60. The number of fused-ring (bicyclic) bond motifs is 1. The van der Waals surface area contributed by atoms with Crippen LogP contribution in [0.15, 0.2) is 69.0 Å². The lowest BCUT2D eigenvalue weighted by Crippen LogP contribution is -2.22. The van der Waals surface area contributed by atoms with Crippen LogP contribution in [0.5, 0.6) is 0 Å². The van der Waals surface area contributed by atoms with Crippen LogP contribution in [0, 0.1) is 13.8 Å². The number of methoxy groups -OCH3 is 1. The van der Waals surface area contributed by atoms with E-state index >= 15 is 0 Å². The monoisotopic (exact) mass is 420 g/mol. The number of carbonyl (C=O) groups is 1. The van der Waals surface area contributed by atoms with E-state index in [9.17, 15) is 9.59 Å². The SMILES string of the molecule is COC(=O)c1ccc(CSc2nc3ccccc3c(=O)n2-c2cc(C)cc(C)c2)o1. The smallest absolute Gasteiger partial charge is 0.373 e. The molecule has 2 heterocycles. The van der Waals surface area contributed by atoms with E-state index in [-0.39, 0.29) is 11.3 Å². The van der Waals surface area contributed by atoms with Crippen LogP contribution < -0.4 is 5.56 Å². The van der Waals surface area contributed by atoms with Gasteiger partial charge in [0.2, 0.25) is 5.76 Å². The second kappa shape index (κ2) is 8.20. The molecule has 0 bridgehead atoms. The number of para-hydroxylation sites is 1. The number of hydrogen-bond donors (Lipinski definition) is 0. The minimum absolute atomic E-state index is 0.122. The van der Waals surface area contributed by atoms with E-state index in [2.05, 4.69) is 10.8 Å². The Hall–Kier alpha value is -3.32. The first-order chi connectivity index (χ1) is 14.5. The Kier molecular flexibility index (Phi) is 5.46. The topological polar surface area (TPSA) is 74.3 Å². The first kappa shape index (κ1) is 20.0. The number of carbonyl (C=O) groups excluding carboxylic acids is 1. The molecule has 4 rings (SSSR count). The number of thioether (sulfide) groups is 1. The molecule has 0 saturated carbocycles. The lowest BCUT2D eigenvalue weighted by atomic mass is 10.1. The van der Waals surface area contributed by atoms with E-state index in [4.69, 9.17) is 9.40 Å². The van der Waals surface area contributed by atoms with E-state index in [0.29, 0.717) is 27.6 Å². The van der Waals surface area contributed by atoms with Crippen LogP contribution >= 0.6 is 11.8 Å². The average Bonchev–Trinajstić information content (AvgIpc) is 3.20. The zero-order valence-electron chi connectivity index (χ0n) is 16.8. The fourth-order valence-corrected chi connectivity index (χ4v) is 4.22. The first-order valence-corrected chi connectivity index (χ1v) is 10.3. The molecule has 0 aliphatic rings. The van der Waals surface area contributed by atoms with Gasteiger partial charge in [0, 0.05) is 0 Å². The van der Waals surface area contributed by atoms with Gasteiger partial charge in [-0.2, -0.15) is 0 Å². The normalized spacial score (nSPS) is 11.0. The van der Waals surface area contributed by atoms with E-state index in [1.165, 1.54) is 18.9 Å². The Labute approximate surface area is 177 Å². The van der Waals surface area contributed by atoms with E-state index in [1.807, 2.05) is 44.2 Å². The zero-order valence-corrected chi connectivity index (χ0v) is 17.7. The molecule has 30 heavy (non-hydrogen) atoms. The second-order valence-electron chi connectivity index (χ2n) is 6.94. The molecule has 0 saturated heterocycles. The number of rotatable bonds is 5. The molecule has 0 radical (unpaired) electrons. The van der Waals surface area contributed by atoms with Crippen molar-refractivity contribution < 1.29 is 13.9 Å². The fraction of sp³-hybridized carbons (Fsp3) is 0.174. The number of esters is 1. The van der Waals surface area contributed by atoms with Crippen molar-refractivity contribution in [3.63, 3.8) is 0 Å². The van der Waals surface area contributed by atoms with Crippen molar-refractivity contribution in [2.24, 2.45) is 0 Å². The van der Waals surface area contributed by atoms with Crippen molar-refractivity contribution in [3.8, 4) is 5.69 Å². The van der Waals surface area contributed by atoms with Gasteiger partial charge in [0.15, 0.2) is 5.16 Å². The molecule has 2 aromatic heterocycles. The van der Waals surface area contributed by atoms with Crippen LogP contribution in [0.1, 0.15) is 27.4 Å². The molecule has 152 valence electrons.